The summed E-state index contributed by atoms with van der Waals surface area (Å²) in [6.45, 7) is 4.38. The van der Waals surface area contributed by atoms with Crippen molar-refractivity contribution in [3.63, 3.8) is 0 Å². The molecule has 2 saturated heterocycles. The van der Waals surface area contributed by atoms with Crippen LogP contribution in [0, 0.1) is 11.8 Å². The van der Waals surface area contributed by atoms with Crippen LogP contribution < -0.4 is 5.56 Å². The second kappa shape index (κ2) is 7.91. The fourth-order valence-electron chi connectivity index (χ4n) is 4.90. The van der Waals surface area contributed by atoms with Crippen molar-refractivity contribution < 1.29 is 14.7 Å². The highest BCUT2D eigenvalue weighted by Gasteiger charge is 2.34. The second-order valence-corrected chi connectivity index (χ2v) is 8.26. The van der Waals surface area contributed by atoms with Crippen LogP contribution in [-0.2, 0) is 16.1 Å². The van der Waals surface area contributed by atoms with Crippen LogP contribution in [0.3, 0.4) is 0 Å². The molecule has 28 heavy (non-hydrogen) atoms. The number of likely N-dealkylation sites (tertiary alicyclic amines) is 2. The van der Waals surface area contributed by atoms with E-state index >= 15 is 0 Å². The number of carboxylic acid groups (broad SMARTS) is 1. The lowest BCUT2D eigenvalue weighted by atomic mass is 9.83. The first-order valence-electron chi connectivity index (χ1n) is 10.1. The SMILES string of the molecule is O=C(O)C1CCN(C(=O)C=CCN2CC3CC(C2)c2cccc(=O)n2C3)CC1. The Hall–Kier alpha value is -2.41. The van der Waals surface area contributed by atoms with Gasteiger partial charge in [0.2, 0.25) is 5.91 Å². The number of rotatable bonds is 4. The summed E-state index contributed by atoms with van der Waals surface area (Å²) in [5.41, 5.74) is 1.23. The Morgan fingerprint density at radius 3 is 2.68 bits per heavy atom. The predicted molar refractivity (Wildman–Crippen MR) is 104 cm³/mol. The van der Waals surface area contributed by atoms with E-state index < -0.39 is 5.97 Å². The lowest BCUT2D eigenvalue weighted by molar-refractivity contribution is -0.144. The van der Waals surface area contributed by atoms with Crippen molar-refractivity contribution in [2.75, 3.05) is 32.7 Å². The number of aromatic nitrogens is 1. The number of fused-ring (bicyclic) bond motifs is 4. The van der Waals surface area contributed by atoms with Gasteiger partial charge in [-0.25, -0.2) is 0 Å². The van der Waals surface area contributed by atoms with E-state index in [9.17, 15) is 14.4 Å². The highest BCUT2D eigenvalue weighted by Crippen LogP contribution is 2.34. The number of piperidine rings is 2. The molecule has 1 aromatic heterocycles. The number of hydrogen-bond acceptors (Lipinski definition) is 4. The molecule has 1 amide bonds. The molecule has 2 unspecified atom stereocenters. The number of nitrogens with zero attached hydrogens (tertiary/aromatic N) is 3. The lowest BCUT2D eigenvalue weighted by Crippen LogP contribution is -2.47. The second-order valence-electron chi connectivity index (χ2n) is 8.26. The molecule has 4 heterocycles. The van der Waals surface area contributed by atoms with Gasteiger partial charge in [-0.1, -0.05) is 12.1 Å². The first-order valence-corrected chi connectivity index (χ1v) is 10.1. The quantitative estimate of drug-likeness (QED) is 0.786. The summed E-state index contributed by atoms with van der Waals surface area (Å²) in [7, 11) is 0. The molecule has 0 radical (unpaired) electrons. The van der Waals surface area contributed by atoms with E-state index in [-0.39, 0.29) is 17.4 Å². The summed E-state index contributed by atoms with van der Waals surface area (Å²) in [6, 6.07) is 5.54. The molecule has 2 bridgehead atoms. The van der Waals surface area contributed by atoms with Crippen LogP contribution in [0.5, 0.6) is 0 Å². The molecule has 3 aliphatic rings. The predicted octanol–water partition coefficient (Wildman–Crippen LogP) is 1.15. The lowest BCUT2D eigenvalue weighted by Gasteiger charge is -2.42. The maximum Gasteiger partial charge on any atom is 0.306 e. The minimum atomic E-state index is -0.762. The zero-order valence-corrected chi connectivity index (χ0v) is 16.0. The Morgan fingerprint density at radius 2 is 1.93 bits per heavy atom. The molecule has 150 valence electrons. The Morgan fingerprint density at radius 1 is 1.14 bits per heavy atom. The van der Waals surface area contributed by atoms with Gasteiger partial charge in [0.05, 0.1) is 5.92 Å². The molecule has 2 atom stereocenters. The fraction of sp³-hybridized carbons (Fsp3) is 0.571. The minimum Gasteiger partial charge on any atom is -0.481 e. The zero-order chi connectivity index (χ0) is 19.7. The maximum atomic E-state index is 12.3. The summed E-state index contributed by atoms with van der Waals surface area (Å²) in [5.74, 6) is -0.262. The first-order chi connectivity index (χ1) is 13.5. The minimum absolute atomic E-state index is 0.0297. The Balaban J connectivity index is 1.31. The average molecular weight is 385 g/mol. The third kappa shape index (κ3) is 3.90. The molecule has 0 aromatic carbocycles. The highest BCUT2D eigenvalue weighted by atomic mass is 16.4. The van der Waals surface area contributed by atoms with E-state index in [1.165, 1.54) is 0 Å². The fourth-order valence-corrected chi connectivity index (χ4v) is 4.90. The van der Waals surface area contributed by atoms with E-state index in [0.29, 0.717) is 37.8 Å². The van der Waals surface area contributed by atoms with Gasteiger partial charge in [0, 0.05) is 63.0 Å². The number of aliphatic carboxylic acids is 1. The molecule has 0 spiro atoms. The monoisotopic (exact) mass is 385 g/mol. The highest BCUT2D eigenvalue weighted by molar-refractivity contribution is 5.87. The van der Waals surface area contributed by atoms with Crippen LogP contribution in [-0.4, -0.2) is 64.1 Å². The van der Waals surface area contributed by atoms with E-state index in [4.69, 9.17) is 5.11 Å². The number of pyridine rings is 1. The van der Waals surface area contributed by atoms with Gasteiger partial charge in [-0.2, -0.15) is 0 Å². The van der Waals surface area contributed by atoms with E-state index in [1.807, 2.05) is 16.7 Å². The van der Waals surface area contributed by atoms with Crippen molar-refractivity contribution in [2.45, 2.75) is 31.7 Å². The van der Waals surface area contributed by atoms with Crippen LogP contribution in [0.15, 0.2) is 35.1 Å². The molecule has 7 nitrogen and oxygen atoms in total. The van der Waals surface area contributed by atoms with Crippen LogP contribution in [0.1, 0.15) is 30.9 Å². The van der Waals surface area contributed by atoms with E-state index in [1.54, 1.807) is 17.0 Å². The van der Waals surface area contributed by atoms with Crippen molar-refractivity contribution in [2.24, 2.45) is 11.8 Å². The Bertz CT molecular complexity index is 838. The normalized spacial score (nSPS) is 25.6. The van der Waals surface area contributed by atoms with Gasteiger partial charge in [-0.15, -0.1) is 0 Å². The summed E-state index contributed by atoms with van der Waals surface area (Å²) >= 11 is 0. The number of amides is 1. The molecule has 1 aromatic rings. The number of carbonyl (C=O) groups excluding carboxylic acids is 1. The molecule has 4 rings (SSSR count). The molecule has 0 aliphatic carbocycles. The van der Waals surface area contributed by atoms with Crippen molar-refractivity contribution in [1.82, 2.24) is 14.4 Å². The van der Waals surface area contributed by atoms with Crippen LogP contribution in [0.2, 0.25) is 0 Å². The van der Waals surface area contributed by atoms with Gasteiger partial charge in [-0.3, -0.25) is 19.3 Å². The molecule has 3 aliphatic heterocycles. The Kier molecular flexibility index (Phi) is 5.35. The number of carbonyl (C=O) groups is 2. The van der Waals surface area contributed by atoms with Gasteiger partial charge < -0.3 is 14.6 Å². The van der Waals surface area contributed by atoms with Gasteiger partial charge in [-0.05, 0) is 31.2 Å². The summed E-state index contributed by atoms with van der Waals surface area (Å²) in [6.07, 6.45) is 5.74. The van der Waals surface area contributed by atoms with Crippen LogP contribution >= 0.6 is 0 Å². The van der Waals surface area contributed by atoms with Crippen molar-refractivity contribution >= 4 is 11.9 Å². The standard InChI is InChI=1S/C21H27N3O4/c25-19(23-9-6-16(7-10-23)21(27)28)5-2-8-22-12-15-11-17(14-22)18-3-1-4-20(26)24(18)13-15/h1-5,15-17H,6-14H2,(H,27,28). The van der Waals surface area contributed by atoms with Crippen molar-refractivity contribution in [1.29, 1.82) is 0 Å². The average Bonchev–Trinajstić information content (AvgIpc) is 2.69. The molecule has 1 N–H and O–H groups in total. The molecule has 7 heteroatoms. The molecule has 0 saturated carbocycles. The van der Waals surface area contributed by atoms with Gasteiger partial charge in [0.1, 0.15) is 0 Å². The largest absolute Gasteiger partial charge is 0.481 e. The van der Waals surface area contributed by atoms with Gasteiger partial charge in [0.25, 0.3) is 5.56 Å². The number of carboxylic acids is 1. The van der Waals surface area contributed by atoms with Gasteiger partial charge in [0.15, 0.2) is 0 Å². The summed E-state index contributed by atoms with van der Waals surface area (Å²) in [4.78, 5) is 39.6. The summed E-state index contributed by atoms with van der Waals surface area (Å²) in [5, 5.41) is 9.05. The maximum absolute atomic E-state index is 12.3. The first kappa shape index (κ1) is 18.9. The van der Waals surface area contributed by atoms with Crippen LogP contribution in [0.4, 0.5) is 0 Å². The van der Waals surface area contributed by atoms with Crippen molar-refractivity contribution in [3.05, 3.63) is 46.4 Å². The number of hydrogen-bond donors (Lipinski definition) is 1. The van der Waals surface area contributed by atoms with Crippen molar-refractivity contribution in [3.8, 4) is 0 Å². The molecular formula is C21H27N3O4. The summed E-state index contributed by atoms with van der Waals surface area (Å²) < 4.78 is 1.93. The topological polar surface area (TPSA) is 82.8 Å². The molecular weight excluding hydrogens is 358 g/mol. The Labute approximate surface area is 164 Å². The third-order valence-electron chi connectivity index (χ3n) is 6.34. The van der Waals surface area contributed by atoms with E-state index in [0.717, 1.165) is 38.3 Å². The van der Waals surface area contributed by atoms with Crippen LogP contribution in [0.25, 0.3) is 0 Å². The smallest absolute Gasteiger partial charge is 0.306 e. The third-order valence-corrected chi connectivity index (χ3v) is 6.34. The van der Waals surface area contributed by atoms with E-state index in [2.05, 4.69) is 11.0 Å². The van der Waals surface area contributed by atoms with Gasteiger partial charge >= 0.3 is 5.97 Å². The zero-order valence-electron chi connectivity index (χ0n) is 16.0. The molecule has 2 fully saturated rings.